The van der Waals surface area contributed by atoms with Gasteiger partial charge >= 0.3 is 0 Å². The van der Waals surface area contributed by atoms with Gasteiger partial charge in [-0.3, -0.25) is 4.79 Å². The normalized spacial score (nSPS) is 15.9. The van der Waals surface area contributed by atoms with Crippen LogP contribution in [0.3, 0.4) is 0 Å². The van der Waals surface area contributed by atoms with E-state index in [4.69, 9.17) is 0 Å². The Balaban J connectivity index is 1.77. The van der Waals surface area contributed by atoms with E-state index in [1.807, 2.05) is 47.4 Å². The van der Waals surface area contributed by atoms with Crippen LogP contribution in [0.15, 0.2) is 42.5 Å². The molecule has 2 aromatic rings. The Labute approximate surface area is 118 Å². The maximum Gasteiger partial charge on any atom is 0.270 e. The molecule has 1 aliphatic rings. The van der Waals surface area contributed by atoms with Crippen LogP contribution in [0.5, 0.6) is 0 Å². The van der Waals surface area contributed by atoms with E-state index in [-0.39, 0.29) is 5.91 Å². The van der Waals surface area contributed by atoms with Crippen LogP contribution in [-0.2, 0) is 0 Å². The number of amides is 1. The Hall–Kier alpha value is -2.07. The number of aromatic nitrogens is 1. The summed E-state index contributed by atoms with van der Waals surface area (Å²) in [5, 5.41) is 3.31. The van der Waals surface area contributed by atoms with Crippen LogP contribution in [0.1, 0.15) is 16.9 Å². The first kappa shape index (κ1) is 12.9. The third-order valence-corrected chi connectivity index (χ3v) is 3.63. The van der Waals surface area contributed by atoms with Crippen LogP contribution in [0.25, 0.3) is 11.3 Å². The highest BCUT2D eigenvalue weighted by Gasteiger charge is 2.18. The summed E-state index contributed by atoms with van der Waals surface area (Å²) in [6, 6.07) is 13.9. The van der Waals surface area contributed by atoms with Crippen molar-refractivity contribution in [2.45, 2.75) is 6.42 Å². The molecule has 0 spiro atoms. The van der Waals surface area contributed by atoms with Crippen LogP contribution < -0.4 is 5.32 Å². The molecule has 0 bridgehead atoms. The van der Waals surface area contributed by atoms with Gasteiger partial charge in [-0.2, -0.15) is 0 Å². The summed E-state index contributed by atoms with van der Waals surface area (Å²) in [4.78, 5) is 17.6. The first-order chi connectivity index (χ1) is 9.84. The van der Waals surface area contributed by atoms with Crippen molar-refractivity contribution in [1.29, 1.82) is 0 Å². The molecule has 20 heavy (non-hydrogen) atoms. The van der Waals surface area contributed by atoms with Crippen molar-refractivity contribution >= 4 is 5.91 Å². The van der Waals surface area contributed by atoms with Crippen molar-refractivity contribution in [3.63, 3.8) is 0 Å². The van der Waals surface area contributed by atoms with Crippen molar-refractivity contribution in [1.82, 2.24) is 15.2 Å². The summed E-state index contributed by atoms with van der Waals surface area (Å²) in [6.45, 7) is 3.46. The minimum Gasteiger partial charge on any atom is -0.351 e. The zero-order valence-corrected chi connectivity index (χ0v) is 11.4. The second-order valence-electron chi connectivity index (χ2n) is 5.05. The molecule has 104 valence electrons. The molecule has 4 nitrogen and oxygen atoms in total. The molecule has 1 aliphatic heterocycles. The number of hydrogen-bond donors (Lipinski definition) is 2. The summed E-state index contributed by atoms with van der Waals surface area (Å²) in [5.74, 6) is 0.0934. The predicted molar refractivity (Wildman–Crippen MR) is 79.6 cm³/mol. The van der Waals surface area contributed by atoms with Crippen LogP contribution in [-0.4, -0.2) is 42.0 Å². The molecule has 1 saturated heterocycles. The molecule has 1 amide bonds. The Morgan fingerprint density at radius 2 is 1.85 bits per heavy atom. The lowest BCUT2D eigenvalue weighted by molar-refractivity contribution is 0.0761. The number of carbonyl (C=O) groups excluding carboxylic acids is 1. The van der Waals surface area contributed by atoms with Gasteiger partial charge in [0.25, 0.3) is 5.91 Å². The van der Waals surface area contributed by atoms with Crippen LogP contribution in [0.4, 0.5) is 0 Å². The van der Waals surface area contributed by atoms with Gasteiger partial charge in [-0.05, 0) is 30.7 Å². The molecule has 0 saturated carbocycles. The van der Waals surface area contributed by atoms with Gasteiger partial charge in [0.1, 0.15) is 5.69 Å². The van der Waals surface area contributed by atoms with E-state index in [1.165, 1.54) is 0 Å². The van der Waals surface area contributed by atoms with Gasteiger partial charge in [0, 0.05) is 25.3 Å². The second-order valence-corrected chi connectivity index (χ2v) is 5.05. The van der Waals surface area contributed by atoms with Crippen LogP contribution in [0, 0.1) is 0 Å². The molecule has 4 heteroatoms. The van der Waals surface area contributed by atoms with Gasteiger partial charge in [0.2, 0.25) is 0 Å². The van der Waals surface area contributed by atoms with Crippen molar-refractivity contribution in [3.05, 3.63) is 48.2 Å². The molecule has 1 aromatic heterocycles. The maximum atomic E-state index is 12.5. The SMILES string of the molecule is O=C(c1ccc(-c2ccccc2)[nH]1)N1CCCNCC1. The highest BCUT2D eigenvalue weighted by Crippen LogP contribution is 2.18. The predicted octanol–water partition coefficient (Wildman–Crippen LogP) is 2.12. The van der Waals surface area contributed by atoms with Gasteiger partial charge in [0.05, 0.1) is 0 Å². The number of H-pyrrole nitrogens is 1. The number of benzene rings is 1. The van der Waals surface area contributed by atoms with Gasteiger partial charge in [-0.15, -0.1) is 0 Å². The van der Waals surface area contributed by atoms with Gasteiger partial charge < -0.3 is 15.2 Å². The third-order valence-electron chi connectivity index (χ3n) is 3.63. The minimum absolute atomic E-state index is 0.0934. The van der Waals surface area contributed by atoms with Crippen LogP contribution in [0.2, 0.25) is 0 Å². The fourth-order valence-electron chi connectivity index (χ4n) is 2.53. The highest BCUT2D eigenvalue weighted by molar-refractivity contribution is 5.93. The Bertz CT molecular complexity index is 568. The molecular weight excluding hydrogens is 250 g/mol. The summed E-state index contributed by atoms with van der Waals surface area (Å²) >= 11 is 0. The number of aromatic amines is 1. The molecular formula is C16H19N3O. The van der Waals surface area contributed by atoms with E-state index in [2.05, 4.69) is 10.3 Å². The topological polar surface area (TPSA) is 48.1 Å². The Morgan fingerprint density at radius 1 is 1.00 bits per heavy atom. The van der Waals surface area contributed by atoms with Crippen molar-refractivity contribution in [2.24, 2.45) is 0 Å². The summed E-state index contributed by atoms with van der Waals surface area (Å²) in [7, 11) is 0. The van der Waals surface area contributed by atoms with E-state index < -0.39 is 0 Å². The molecule has 0 atom stereocenters. The van der Waals surface area contributed by atoms with E-state index in [0.29, 0.717) is 5.69 Å². The third kappa shape index (κ3) is 2.75. The monoisotopic (exact) mass is 269 g/mol. The molecule has 2 N–H and O–H groups in total. The zero-order chi connectivity index (χ0) is 13.8. The Morgan fingerprint density at radius 3 is 2.70 bits per heavy atom. The van der Waals surface area contributed by atoms with E-state index in [1.54, 1.807) is 0 Å². The average molecular weight is 269 g/mol. The highest BCUT2D eigenvalue weighted by atomic mass is 16.2. The van der Waals surface area contributed by atoms with Crippen molar-refractivity contribution in [2.75, 3.05) is 26.2 Å². The zero-order valence-electron chi connectivity index (χ0n) is 11.4. The van der Waals surface area contributed by atoms with E-state index in [9.17, 15) is 4.79 Å². The van der Waals surface area contributed by atoms with Gasteiger partial charge in [-0.1, -0.05) is 30.3 Å². The van der Waals surface area contributed by atoms with Gasteiger partial charge in [0.15, 0.2) is 0 Å². The molecule has 2 heterocycles. The number of nitrogens with one attached hydrogen (secondary N) is 2. The molecule has 0 aliphatic carbocycles. The van der Waals surface area contributed by atoms with Gasteiger partial charge in [-0.25, -0.2) is 0 Å². The quantitative estimate of drug-likeness (QED) is 0.877. The lowest BCUT2D eigenvalue weighted by Gasteiger charge is -2.18. The maximum absolute atomic E-state index is 12.5. The molecule has 3 rings (SSSR count). The molecule has 1 aromatic carbocycles. The smallest absolute Gasteiger partial charge is 0.270 e. The van der Waals surface area contributed by atoms with Crippen molar-refractivity contribution in [3.8, 4) is 11.3 Å². The number of nitrogens with zero attached hydrogens (tertiary/aromatic N) is 1. The second kappa shape index (κ2) is 5.92. The summed E-state index contributed by atoms with van der Waals surface area (Å²) in [6.07, 6.45) is 1.01. The fourth-order valence-corrected chi connectivity index (χ4v) is 2.53. The first-order valence-corrected chi connectivity index (χ1v) is 7.09. The summed E-state index contributed by atoms with van der Waals surface area (Å²) < 4.78 is 0. The molecule has 1 fully saturated rings. The van der Waals surface area contributed by atoms with Crippen molar-refractivity contribution < 1.29 is 4.79 Å². The van der Waals surface area contributed by atoms with Crippen LogP contribution >= 0.6 is 0 Å². The van der Waals surface area contributed by atoms with E-state index >= 15 is 0 Å². The number of hydrogen-bond acceptors (Lipinski definition) is 2. The molecule has 0 unspecified atom stereocenters. The molecule has 0 radical (unpaired) electrons. The number of rotatable bonds is 2. The summed E-state index contributed by atoms with van der Waals surface area (Å²) in [5.41, 5.74) is 2.76. The minimum atomic E-state index is 0.0934. The lowest BCUT2D eigenvalue weighted by atomic mass is 10.2. The first-order valence-electron chi connectivity index (χ1n) is 7.09. The lowest BCUT2D eigenvalue weighted by Crippen LogP contribution is -2.34. The number of carbonyl (C=O) groups is 1. The largest absolute Gasteiger partial charge is 0.351 e. The standard InChI is InChI=1S/C16H19N3O/c20-16(19-11-4-9-17-10-12-19)15-8-7-14(18-15)13-5-2-1-3-6-13/h1-3,5-8,17-18H,4,9-12H2. The average Bonchev–Trinajstić information content (AvgIpc) is 2.83. The fraction of sp³-hybridized carbons (Fsp3) is 0.312. The van der Waals surface area contributed by atoms with E-state index in [0.717, 1.165) is 43.9 Å². The Kier molecular flexibility index (Phi) is 3.83.